The fourth-order valence-electron chi connectivity index (χ4n) is 3.20. The van der Waals surface area contributed by atoms with Crippen molar-refractivity contribution in [2.24, 2.45) is 0 Å². The summed E-state index contributed by atoms with van der Waals surface area (Å²) in [7, 11) is 0. The molecule has 1 aliphatic rings. The maximum Gasteiger partial charge on any atom is 0.337 e. The molecule has 0 saturated heterocycles. The molecular weight excluding hydrogens is 342 g/mol. The molecule has 0 aliphatic carbocycles. The van der Waals surface area contributed by atoms with E-state index in [0.29, 0.717) is 25.1 Å². The highest BCUT2D eigenvalue weighted by atomic mass is 35.5. The van der Waals surface area contributed by atoms with E-state index in [0.717, 1.165) is 22.1 Å². The highest BCUT2D eigenvalue weighted by Crippen LogP contribution is 2.27. The molecule has 126 valence electrons. The lowest BCUT2D eigenvalue weighted by atomic mass is 9.96. The number of furan rings is 1. The van der Waals surface area contributed by atoms with Gasteiger partial charge in [-0.05, 0) is 53.9 Å². The number of hydrogen-bond donors (Lipinski definition) is 1. The Morgan fingerprint density at radius 2 is 1.96 bits per heavy atom. The molecule has 1 aromatic heterocycles. The van der Waals surface area contributed by atoms with E-state index in [9.17, 15) is 9.59 Å². The molecule has 0 saturated carbocycles. The van der Waals surface area contributed by atoms with Crippen LogP contribution in [0.3, 0.4) is 0 Å². The Hall–Kier alpha value is -2.79. The van der Waals surface area contributed by atoms with Crippen LogP contribution >= 0.6 is 11.6 Å². The lowest BCUT2D eigenvalue weighted by Gasteiger charge is -2.29. The maximum absolute atomic E-state index is 12.8. The summed E-state index contributed by atoms with van der Waals surface area (Å²) < 4.78 is 5.30. The van der Waals surface area contributed by atoms with Crippen LogP contribution in [0.4, 0.5) is 0 Å². The number of halogens is 1. The second-order valence-corrected chi connectivity index (χ2v) is 6.46. The SMILES string of the molecule is O=C(O)c1cc2c(cc1Cl)CN(C(=O)c1ccc3occc3c1)CC2. The quantitative estimate of drug-likeness (QED) is 0.754. The number of carbonyl (C=O) groups excluding carboxylic acids is 1. The normalized spacial score (nSPS) is 13.7. The lowest BCUT2D eigenvalue weighted by Crippen LogP contribution is -2.36. The van der Waals surface area contributed by atoms with Gasteiger partial charge >= 0.3 is 5.97 Å². The highest BCUT2D eigenvalue weighted by Gasteiger charge is 2.24. The van der Waals surface area contributed by atoms with Crippen molar-refractivity contribution in [2.75, 3.05) is 6.54 Å². The number of nitrogens with zero attached hydrogens (tertiary/aromatic N) is 1. The summed E-state index contributed by atoms with van der Waals surface area (Å²) in [6.45, 7) is 0.952. The van der Waals surface area contributed by atoms with Crippen LogP contribution in [0, 0.1) is 0 Å². The molecule has 2 aromatic carbocycles. The van der Waals surface area contributed by atoms with Crippen LogP contribution < -0.4 is 0 Å². The van der Waals surface area contributed by atoms with Gasteiger partial charge in [-0.25, -0.2) is 4.79 Å². The first kappa shape index (κ1) is 15.7. The van der Waals surface area contributed by atoms with E-state index in [2.05, 4.69) is 0 Å². The van der Waals surface area contributed by atoms with Gasteiger partial charge in [-0.3, -0.25) is 4.79 Å². The topological polar surface area (TPSA) is 70.8 Å². The zero-order valence-electron chi connectivity index (χ0n) is 13.2. The lowest BCUT2D eigenvalue weighted by molar-refractivity contribution is 0.0692. The van der Waals surface area contributed by atoms with Crippen molar-refractivity contribution in [3.8, 4) is 0 Å². The van der Waals surface area contributed by atoms with Crippen molar-refractivity contribution < 1.29 is 19.1 Å². The molecule has 4 rings (SSSR count). The number of aromatic carboxylic acids is 1. The summed E-state index contributed by atoms with van der Waals surface area (Å²) in [6.07, 6.45) is 2.20. The fourth-order valence-corrected chi connectivity index (χ4v) is 3.47. The van der Waals surface area contributed by atoms with E-state index >= 15 is 0 Å². The zero-order valence-corrected chi connectivity index (χ0v) is 13.9. The van der Waals surface area contributed by atoms with Crippen molar-refractivity contribution >= 4 is 34.4 Å². The average molecular weight is 356 g/mol. The summed E-state index contributed by atoms with van der Waals surface area (Å²) in [5, 5.41) is 10.2. The Kier molecular flexibility index (Phi) is 3.73. The first-order valence-electron chi connectivity index (χ1n) is 7.84. The van der Waals surface area contributed by atoms with E-state index in [-0.39, 0.29) is 16.5 Å². The van der Waals surface area contributed by atoms with Gasteiger partial charge in [0, 0.05) is 24.0 Å². The summed E-state index contributed by atoms with van der Waals surface area (Å²) in [5.41, 5.74) is 3.26. The molecular formula is C19H14ClNO4. The molecule has 2 heterocycles. The van der Waals surface area contributed by atoms with Crippen LogP contribution in [-0.2, 0) is 13.0 Å². The summed E-state index contributed by atoms with van der Waals surface area (Å²) in [5.74, 6) is -1.10. The van der Waals surface area contributed by atoms with Crippen LogP contribution in [0.15, 0.2) is 47.1 Å². The molecule has 0 atom stereocenters. The van der Waals surface area contributed by atoms with Gasteiger partial charge in [0.2, 0.25) is 0 Å². The Balaban J connectivity index is 1.62. The molecule has 3 aromatic rings. The molecule has 5 nitrogen and oxygen atoms in total. The zero-order chi connectivity index (χ0) is 17.6. The number of hydrogen-bond acceptors (Lipinski definition) is 3. The monoisotopic (exact) mass is 355 g/mol. The smallest absolute Gasteiger partial charge is 0.337 e. The molecule has 1 amide bonds. The van der Waals surface area contributed by atoms with Crippen LogP contribution in [0.25, 0.3) is 11.0 Å². The molecule has 0 radical (unpaired) electrons. The number of carboxylic acids is 1. The Labute approximate surface area is 148 Å². The Morgan fingerprint density at radius 3 is 2.76 bits per heavy atom. The second kappa shape index (κ2) is 5.93. The molecule has 0 spiro atoms. The third-order valence-electron chi connectivity index (χ3n) is 4.52. The van der Waals surface area contributed by atoms with Crippen molar-refractivity contribution in [3.63, 3.8) is 0 Å². The number of carboxylic acid groups (broad SMARTS) is 1. The molecule has 0 fully saturated rings. The van der Waals surface area contributed by atoms with Gasteiger partial charge in [-0.15, -0.1) is 0 Å². The van der Waals surface area contributed by atoms with Crippen molar-refractivity contribution in [3.05, 3.63) is 69.9 Å². The van der Waals surface area contributed by atoms with Gasteiger partial charge in [-0.2, -0.15) is 0 Å². The number of carbonyl (C=O) groups is 2. The van der Waals surface area contributed by atoms with Crippen LogP contribution in [0.2, 0.25) is 5.02 Å². The average Bonchev–Trinajstić information content (AvgIpc) is 3.07. The maximum atomic E-state index is 12.8. The van der Waals surface area contributed by atoms with Gasteiger partial charge < -0.3 is 14.4 Å². The minimum absolute atomic E-state index is 0.0628. The molecule has 1 N–H and O–H groups in total. The van der Waals surface area contributed by atoms with Crippen LogP contribution in [-0.4, -0.2) is 28.4 Å². The van der Waals surface area contributed by atoms with Crippen LogP contribution in [0.1, 0.15) is 31.8 Å². The van der Waals surface area contributed by atoms with Gasteiger partial charge in [0.05, 0.1) is 16.8 Å². The number of benzene rings is 2. The van der Waals surface area contributed by atoms with Gasteiger partial charge in [0.25, 0.3) is 5.91 Å². The third-order valence-corrected chi connectivity index (χ3v) is 4.83. The summed E-state index contributed by atoms with van der Waals surface area (Å²) in [4.78, 5) is 25.7. The standard InChI is InChI=1S/C19H14ClNO4/c20-16-9-14-10-21(5-3-11(14)8-15(16)19(23)24)18(22)13-1-2-17-12(7-13)4-6-25-17/h1-2,4,6-9H,3,5,10H2,(H,23,24). The molecule has 0 unspecified atom stereocenters. The predicted octanol–water partition coefficient (Wildman–Crippen LogP) is 3.98. The summed E-state index contributed by atoms with van der Waals surface area (Å²) in [6, 6.07) is 10.4. The molecule has 25 heavy (non-hydrogen) atoms. The van der Waals surface area contributed by atoms with E-state index < -0.39 is 5.97 Å². The van der Waals surface area contributed by atoms with Crippen LogP contribution in [0.5, 0.6) is 0 Å². The number of amides is 1. The number of rotatable bonds is 2. The van der Waals surface area contributed by atoms with Gasteiger partial charge in [-0.1, -0.05) is 11.6 Å². The minimum Gasteiger partial charge on any atom is -0.478 e. The Morgan fingerprint density at radius 1 is 1.12 bits per heavy atom. The first-order chi connectivity index (χ1) is 12.0. The van der Waals surface area contributed by atoms with E-state index in [1.165, 1.54) is 0 Å². The van der Waals surface area contributed by atoms with E-state index in [4.69, 9.17) is 21.1 Å². The summed E-state index contributed by atoms with van der Waals surface area (Å²) >= 11 is 6.06. The van der Waals surface area contributed by atoms with E-state index in [1.807, 2.05) is 12.1 Å². The largest absolute Gasteiger partial charge is 0.478 e. The number of fused-ring (bicyclic) bond motifs is 2. The highest BCUT2D eigenvalue weighted by molar-refractivity contribution is 6.33. The molecule has 6 heteroatoms. The third kappa shape index (κ3) is 2.76. The van der Waals surface area contributed by atoms with Crippen molar-refractivity contribution in [1.82, 2.24) is 4.90 Å². The van der Waals surface area contributed by atoms with E-state index in [1.54, 1.807) is 35.4 Å². The van der Waals surface area contributed by atoms with Gasteiger partial charge in [0.15, 0.2) is 0 Å². The fraction of sp³-hybridized carbons (Fsp3) is 0.158. The van der Waals surface area contributed by atoms with Crippen molar-refractivity contribution in [1.29, 1.82) is 0 Å². The molecule has 1 aliphatic heterocycles. The first-order valence-corrected chi connectivity index (χ1v) is 8.22. The second-order valence-electron chi connectivity index (χ2n) is 6.06. The predicted molar refractivity (Wildman–Crippen MR) is 93.1 cm³/mol. The Bertz CT molecular complexity index is 1010. The van der Waals surface area contributed by atoms with Crippen molar-refractivity contribution in [2.45, 2.75) is 13.0 Å². The molecule has 0 bridgehead atoms. The minimum atomic E-state index is -1.04. The van der Waals surface area contributed by atoms with Gasteiger partial charge in [0.1, 0.15) is 5.58 Å².